The lowest BCUT2D eigenvalue weighted by Crippen LogP contribution is -2.00. The maximum Gasteiger partial charge on any atom is 0.0949 e. The lowest BCUT2D eigenvalue weighted by molar-refractivity contribution is 0.835. The van der Waals surface area contributed by atoms with Crippen molar-refractivity contribution in [3.05, 3.63) is 89.5 Å². The molecule has 3 aromatic rings. The van der Waals surface area contributed by atoms with Crippen molar-refractivity contribution in [1.82, 2.24) is 9.55 Å². The number of halogens is 2. The summed E-state index contributed by atoms with van der Waals surface area (Å²) in [5, 5.41) is 1.42. The fraction of sp³-hybridized carbons (Fsp3) is 0.0556. The third-order valence-electron chi connectivity index (χ3n) is 3.38. The molecule has 0 fully saturated rings. The molecule has 2 aromatic carbocycles. The number of nitrogens with zero attached hydrogens (tertiary/aromatic N) is 2. The Morgan fingerprint density at radius 1 is 0.955 bits per heavy atom. The molecule has 3 rings (SSSR count). The zero-order valence-electron chi connectivity index (χ0n) is 11.8. The van der Waals surface area contributed by atoms with Gasteiger partial charge in [-0.2, -0.15) is 0 Å². The van der Waals surface area contributed by atoms with Gasteiger partial charge in [-0.25, -0.2) is 4.98 Å². The molecule has 110 valence electrons. The average molecular weight is 329 g/mol. The number of aromatic nitrogens is 2. The molecule has 0 saturated heterocycles. The minimum Gasteiger partial charge on any atom is -0.333 e. The van der Waals surface area contributed by atoms with Crippen LogP contribution in [0.15, 0.2) is 73.3 Å². The highest BCUT2D eigenvalue weighted by molar-refractivity contribution is 6.52. The maximum absolute atomic E-state index is 6.68. The van der Waals surface area contributed by atoms with Crippen molar-refractivity contribution < 1.29 is 0 Å². The minimum atomic E-state index is 0.658. The summed E-state index contributed by atoms with van der Waals surface area (Å²) in [5.74, 6) is 0. The molecule has 0 aliphatic rings. The van der Waals surface area contributed by atoms with Gasteiger partial charge in [-0.1, -0.05) is 65.7 Å². The topological polar surface area (TPSA) is 17.8 Å². The Hall–Kier alpha value is -2.03. The van der Waals surface area contributed by atoms with Gasteiger partial charge in [0.15, 0.2) is 0 Å². The minimum absolute atomic E-state index is 0.658. The molecule has 22 heavy (non-hydrogen) atoms. The van der Waals surface area contributed by atoms with Gasteiger partial charge in [0.1, 0.15) is 0 Å². The number of allylic oxidation sites excluding steroid dienone is 1. The van der Waals surface area contributed by atoms with Crippen LogP contribution in [0, 0.1) is 0 Å². The normalized spacial score (nSPS) is 12.1. The summed E-state index contributed by atoms with van der Waals surface area (Å²) < 4.78 is 2.00. The van der Waals surface area contributed by atoms with Crippen LogP contribution in [0.25, 0.3) is 10.6 Å². The van der Waals surface area contributed by atoms with Crippen LogP contribution in [0.3, 0.4) is 0 Å². The van der Waals surface area contributed by atoms with E-state index in [1.165, 1.54) is 0 Å². The van der Waals surface area contributed by atoms with Gasteiger partial charge in [-0.05, 0) is 28.8 Å². The fourth-order valence-corrected chi connectivity index (χ4v) is 2.68. The van der Waals surface area contributed by atoms with Gasteiger partial charge in [0.25, 0.3) is 0 Å². The quantitative estimate of drug-likeness (QED) is 0.591. The lowest BCUT2D eigenvalue weighted by Gasteiger charge is -2.13. The highest BCUT2D eigenvalue weighted by atomic mass is 35.5. The number of imidazole rings is 1. The van der Waals surface area contributed by atoms with E-state index in [1.807, 2.05) is 53.2 Å². The predicted octanol–water partition coefficient (Wildman–Crippen LogP) is 5.34. The van der Waals surface area contributed by atoms with Gasteiger partial charge in [-0.15, -0.1) is 0 Å². The lowest BCUT2D eigenvalue weighted by atomic mass is 10.0. The van der Waals surface area contributed by atoms with Crippen LogP contribution in [0.1, 0.15) is 11.1 Å². The van der Waals surface area contributed by atoms with Crippen LogP contribution in [-0.4, -0.2) is 9.55 Å². The molecule has 0 bridgehead atoms. The first-order valence-corrected chi connectivity index (χ1v) is 7.65. The predicted molar refractivity (Wildman–Crippen MR) is 92.8 cm³/mol. The third kappa shape index (κ3) is 3.41. The Morgan fingerprint density at radius 2 is 1.68 bits per heavy atom. The Bertz CT molecular complexity index is 761. The van der Waals surface area contributed by atoms with Gasteiger partial charge in [0.2, 0.25) is 0 Å². The monoisotopic (exact) mass is 328 g/mol. The SMILES string of the molecule is Cl/C(=C(\Cn1ccnc1)c1ccccc1)c1ccc(Cl)cc1. The molecular weight excluding hydrogens is 315 g/mol. The van der Waals surface area contributed by atoms with E-state index in [1.54, 1.807) is 12.5 Å². The molecule has 0 N–H and O–H groups in total. The Balaban J connectivity index is 2.07. The zero-order valence-corrected chi connectivity index (χ0v) is 13.3. The van der Waals surface area contributed by atoms with Crippen LogP contribution < -0.4 is 0 Å². The van der Waals surface area contributed by atoms with Gasteiger partial charge >= 0.3 is 0 Å². The number of rotatable bonds is 4. The van der Waals surface area contributed by atoms with E-state index in [-0.39, 0.29) is 0 Å². The molecule has 0 saturated carbocycles. The van der Waals surface area contributed by atoms with E-state index in [0.29, 0.717) is 11.6 Å². The maximum atomic E-state index is 6.68. The zero-order chi connectivity index (χ0) is 15.4. The van der Waals surface area contributed by atoms with Crippen LogP contribution in [0.4, 0.5) is 0 Å². The molecule has 0 aliphatic heterocycles. The molecule has 0 radical (unpaired) electrons. The van der Waals surface area contributed by atoms with Crippen molar-refractivity contribution >= 4 is 33.8 Å². The summed E-state index contributed by atoms with van der Waals surface area (Å²) in [5.41, 5.74) is 3.09. The van der Waals surface area contributed by atoms with E-state index < -0.39 is 0 Å². The number of benzene rings is 2. The third-order valence-corrected chi connectivity index (χ3v) is 4.08. The molecule has 4 heteroatoms. The smallest absolute Gasteiger partial charge is 0.0949 e. The first-order valence-electron chi connectivity index (χ1n) is 6.90. The molecule has 0 atom stereocenters. The van der Waals surface area contributed by atoms with Crippen molar-refractivity contribution in [2.24, 2.45) is 0 Å². The molecular formula is C18H14Cl2N2. The van der Waals surface area contributed by atoms with Crippen molar-refractivity contribution in [1.29, 1.82) is 0 Å². The molecule has 2 nitrogen and oxygen atoms in total. The van der Waals surface area contributed by atoms with E-state index in [4.69, 9.17) is 23.2 Å². The molecule has 0 amide bonds. The first kappa shape index (κ1) is 14.9. The summed E-state index contributed by atoms with van der Waals surface area (Å²) in [6, 6.07) is 17.7. The molecule has 0 spiro atoms. The summed E-state index contributed by atoms with van der Waals surface area (Å²) >= 11 is 12.6. The van der Waals surface area contributed by atoms with Gasteiger partial charge in [-0.3, -0.25) is 0 Å². The van der Waals surface area contributed by atoms with Crippen molar-refractivity contribution in [3.63, 3.8) is 0 Å². The summed E-state index contributed by atoms with van der Waals surface area (Å²) in [6.45, 7) is 0.658. The largest absolute Gasteiger partial charge is 0.333 e. The Kier molecular flexibility index (Phi) is 4.62. The van der Waals surface area contributed by atoms with Gasteiger partial charge in [0, 0.05) is 17.4 Å². The van der Waals surface area contributed by atoms with E-state index >= 15 is 0 Å². The Labute approximate surface area is 139 Å². The second kappa shape index (κ2) is 6.82. The molecule has 1 aromatic heterocycles. The van der Waals surface area contributed by atoms with E-state index in [2.05, 4.69) is 17.1 Å². The number of hydrogen-bond acceptors (Lipinski definition) is 1. The van der Waals surface area contributed by atoms with Crippen LogP contribution >= 0.6 is 23.2 Å². The molecule has 1 heterocycles. The first-order chi connectivity index (χ1) is 10.7. The average Bonchev–Trinajstić information content (AvgIpc) is 3.07. The van der Waals surface area contributed by atoms with Gasteiger partial charge < -0.3 is 4.57 Å². The summed E-state index contributed by atoms with van der Waals surface area (Å²) in [4.78, 5) is 4.09. The van der Waals surface area contributed by atoms with Crippen molar-refractivity contribution in [2.45, 2.75) is 6.54 Å². The van der Waals surface area contributed by atoms with Crippen molar-refractivity contribution in [3.8, 4) is 0 Å². The van der Waals surface area contributed by atoms with Crippen LogP contribution in [0.2, 0.25) is 5.02 Å². The molecule has 0 aliphatic carbocycles. The highest BCUT2D eigenvalue weighted by Gasteiger charge is 2.10. The second-order valence-corrected chi connectivity index (χ2v) is 5.71. The second-order valence-electron chi connectivity index (χ2n) is 4.90. The summed E-state index contributed by atoms with van der Waals surface area (Å²) in [6.07, 6.45) is 5.47. The van der Waals surface area contributed by atoms with Crippen LogP contribution in [0.5, 0.6) is 0 Å². The van der Waals surface area contributed by atoms with Crippen molar-refractivity contribution in [2.75, 3.05) is 0 Å². The highest BCUT2D eigenvalue weighted by Crippen LogP contribution is 2.31. The molecule has 0 unspecified atom stereocenters. The summed E-state index contributed by atoms with van der Waals surface area (Å²) in [7, 11) is 0. The number of hydrogen-bond donors (Lipinski definition) is 0. The Morgan fingerprint density at radius 3 is 2.32 bits per heavy atom. The van der Waals surface area contributed by atoms with E-state index in [9.17, 15) is 0 Å². The standard InChI is InChI=1S/C18H14Cl2N2/c19-16-8-6-15(7-9-16)18(20)17(12-22-11-10-21-13-22)14-4-2-1-3-5-14/h1-11,13H,12H2/b18-17+. The fourth-order valence-electron chi connectivity index (χ4n) is 2.26. The van der Waals surface area contributed by atoms with E-state index in [0.717, 1.165) is 21.7 Å². The van der Waals surface area contributed by atoms with Gasteiger partial charge in [0.05, 0.1) is 17.9 Å². The van der Waals surface area contributed by atoms with Crippen LogP contribution in [-0.2, 0) is 6.54 Å².